The summed E-state index contributed by atoms with van der Waals surface area (Å²) in [5.74, 6) is 0.0367. The Balaban J connectivity index is 1.46. The van der Waals surface area contributed by atoms with E-state index in [1.54, 1.807) is 0 Å². The third-order valence-corrected chi connectivity index (χ3v) is 9.95. The van der Waals surface area contributed by atoms with Crippen molar-refractivity contribution in [1.82, 2.24) is 24.0 Å². The monoisotopic (exact) mass is 624 g/mol. The molecule has 0 amide bonds. The highest BCUT2D eigenvalue weighted by molar-refractivity contribution is 8.13. The fourth-order valence-corrected chi connectivity index (χ4v) is 6.53. The number of aromatic nitrogens is 4. The molecule has 2 unspecified atom stereocenters. The van der Waals surface area contributed by atoms with Gasteiger partial charge in [-0.25, -0.2) is 18.8 Å². The van der Waals surface area contributed by atoms with E-state index < -0.39 is 49.5 Å². The predicted octanol–water partition coefficient (Wildman–Crippen LogP) is 2.11. The number of aliphatic hydroxyl groups excluding tert-OH is 1. The first-order valence-corrected chi connectivity index (χ1v) is 15.9. The maximum absolute atomic E-state index is 13.7. The third kappa shape index (κ3) is 7.12. The fraction of sp³-hybridized carbons (Fsp3) is 0.538. The lowest BCUT2D eigenvalue weighted by Gasteiger charge is -2.27. The summed E-state index contributed by atoms with van der Waals surface area (Å²) in [6, 6.07) is 9.21. The van der Waals surface area contributed by atoms with Gasteiger partial charge in [-0.2, -0.15) is 9.97 Å². The van der Waals surface area contributed by atoms with E-state index in [1.165, 1.54) is 23.9 Å². The Bertz CT molecular complexity index is 1500. The molecule has 2 aromatic heterocycles. The van der Waals surface area contributed by atoms with Gasteiger partial charge in [0.25, 0.3) is 0 Å². The Morgan fingerprint density at radius 1 is 1.26 bits per heavy atom. The molecular weight excluding hydrogens is 587 g/mol. The molecule has 14 nitrogen and oxygen atoms in total. The second kappa shape index (κ2) is 12.9. The summed E-state index contributed by atoms with van der Waals surface area (Å²) < 4.78 is 33.5. The first kappa shape index (κ1) is 32.3. The highest BCUT2D eigenvalue weighted by Crippen LogP contribution is 2.46. The van der Waals surface area contributed by atoms with Crippen molar-refractivity contribution >= 4 is 36.3 Å². The summed E-state index contributed by atoms with van der Waals surface area (Å²) in [5, 5.41) is 25.0. The molecule has 1 fully saturated rings. The zero-order valence-corrected chi connectivity index (χ0v) is 25.6. The molecule has 0 bridgehead atoms. The number of nitrogens with one attached hydrogen (secondary N) is 1. The van der Waals surface area contributed by atoms with Crippen molar-refractivity contribution in [2.75, 3.05) is 24.7 Å². The maximum atomic E-state index is 13.7. The Labute approximate surface area is 247 Å². The van der Waals surface area contributed by atoms with Gasteiger partial charge in [0.05, 0.1) is 13.2 Å². The van der Waals surface area contributed by atoms with Crippen LogP contribution >= 0.6 is 19.5 Å². The average molecular weight is 625 g/mol. The summed E-state index contributed by atoms with van der Waals surface area (Å²) in [7, 11) is -3.98. The lowest BCUT2D eigenvalue weighted by Crippen LogP contribution is -2.44. The van der Waals surface area contributed by atoms with Gasteiger partial charge < -0.3 is 20.7 Å². The summed E-state index contributed by atoms with van der Waals surface area (Å²) in [6.07, 6.45) is -0.329. The Kier molecular flexibility index (Phi) is 9.95. The molecule has 5 atom stereocenters. The van der Waals surface area contributed by atoms with Gasteiger partial charge in [0, 0.05) is 30.1 Å². The molecule has 16 heteroatoms. The number of hydrogen-bond donors (Lipinski definition) is 4. The molecule has 0 aliphatic carbocycles. The van der Waals surface area contributed by atoms with Gasteiger partial charge in [0.1, 0.15) is 17.8 Å². The van der Waals surface area contributed by atoms with E-state index >= 15 is 0 Å². The number of carbonyl (C=O) groups is 1. The smallest absolute Gasteiger partial charge is 0.387 e. The van der Waals surface area contributed by atoms with E-state index in [9.17, 15) is 24.4 Å². The van der Waals surface area contributed by atoms with Crippen molar-refractivity contribution in [3.8, 4) is 0 Å². The molecule has 1 aliphatic rings. The lowest BCUT2D eigenvalue weighted by atomic mass is 9.92. The molecule has 230 valence electrons. The molecule has 0 spiro atoms. The number of nitrogens with zero attached hydrogens (tertiary/aromatic N) is 4. The first-order chi connectivity index (χ1) is 19.8. The number of imidazole rings is 1. The minimum atomic E-state index is -3.98. The van der Waals surface area contributed by atoms with Crippen LogP contribution in [0.3, 0.4) is 0 Å². The van der Waals surface area contributed by atoms with Crippen LogP contribution in [0.5, 0.6) is 0 Å². The number of aliphatic hydroxyl groups is 2. The lowest BCUT2D eigenvalue weighted by molar-refractivity contribution is -0.118. The number of nitrogen functional groups attached to an aromatic ring is 1. The van der Waals surface area contributed by atoms with Crippen LogP contribution in [0.4, 0.5) is 5.95 Å². The van der Waals surface area contributed by atoms with Crippen LogP contribution in [0.25, 0.3) is 5.78 Å². The molecule has 3 heterocycles. The quantitative estimate of drug-likeness (QED) is 0.160. The Morgan fingerprint density at radius 2 is 1.98 bits per heavy atom. The number of ether oxygens (including phenoxy) is 1. The number of thioether (sulfide) groups is 1. The second-order valence-electron chi connectivity index (χ2n) is 10.8. The van der Waals surface area contributed by atoms with Crippen LogP contribution < -0.4 is 16.5 Å². The maximum Gasteiger partial charge on any atom is 0.405 e. The molecule has 0 saturated carbocycles. The summed E-state index contributed by atoms with van der Waals surface area (Å²) in [5.41, 5.74) is 3.44. The van der Waals surface area contributed by atoms with E-state index in [2.05, 4.69) is 15.1 Å². The van der Waals surface area contributed by atoms with E-state index in [0.29, 0.717) is 6.42 Å². The molecule has 5 N–H and O–H groups in total. The number of hydrogen-bond acceptors (Lipinski definition) is 12. The van der Waals surface area contributed by atoms with Crippen LogP contribution in [0.1, 0.15) is 45.9 Å². The van der Waals surface area contributed by atoms with Crippen molar-refractivity contribution in [3.05, 3.63) is 58.8 Å². The number of fused-ring (bicyclic) bond motifs is 1. The van der Waals surface area contributed by atoms with Crippen LogP contribution in [0, 0.1) is 5.41 Å². The standard InChI is InChI=1S/C26H37N6O8PS/c1-5-25(2,3)21(34)42-14-13-38-41(37,28-15-17-9-7-6-8-10-17)39-16-18-19(33)26(4,36)20(40-18)31-11-12-32-23(31)29-22(27)30-24(32)35/h6-12,18-20,33,36H,5,13-16H2,1-4H3,(H,28,37)(H2,27,30,35)/t18-,19+,20-,26?,41?/m1/s1. The number of carbonyl (C=O) groups excluding carboxylic acids is 1. The zero-order valence-electron chi connectivity index (χ0n) is 23.9. The number of benzene rings is 1. The van der Waals surface area contributed by atoms with Crippen LogP contribution in [0.15, 0.2) is 47.5 Å². The first-order valence-electron chi connectivity index (χ1n) is 13.4. The van der Waals surface area contributed by atoms with Gasteiger partial charge >= 0.3 is 13.4 Å². The minimum absolute atomic E-state index is 0.00386. The average Bonchev–Trinajstić information content (AvgIpc) is 3.47. The van der Waals surface area contributed by atoms with Crippen LogP contribution in [-0.4, -0.2) is 71.0 Å². The van der Waals surface area contributed by atoms with Crippen LogP contribution in [-0.2, 0) is 29.7 Å². The Hall–Kier alpha value is -2.62. The van der Waals surface area contributed by atoms with Gasteiger partial charge in [0.2, 0.25) is 11.7 Å². The van der Waals surface area contributed by atoms with Crippen LogP contribution in [0.2, 0.25) is 0 Å². The third-order valence-electron chi connectivity index (χ3n) is 7.20. The van der Waals surface area contributed by atoms with Gasteiger partial charge in [-0.15, -0.1) is 0 Å². The molecule has 42 heavy (non-hydrogen) atoms. The highest BCUT2D eigenvalue weighted by Gasteiger charge is 2.54. The van der Waals surface area contributed by atoms with Gasteiger partial charge in [-0.3, -0.25) is 18.4 Å². The van der Waals surface area contributed by atoms with Crippen molar-refractivity contribution in [3.63, 3.8) is 0 Å². The molecular formula is C26H37N6O8PS. The number of rotatable bonds is 13. The second-order valence-corrected chi connectivity index (χ2v) is 13.7. The SMILES string of the molecule is CCC(C)(C)C(=O)SCCOP(=O)(NCc1ccccc1)OC[C@H]1O[C@@H](n2ccn3c(=O)nc(N)nc23)C(C)(O)[C@H]1O. The normalized spacial score (nSPS) is 24.2. The van der Waals surface area contributed by atoms with E-state index in [-0.39, 0.29) is 35.7 Å². The molecule has 1 aromatic carbocycles. The van der Waals surface area contributed by atoms with E-state index in [4.69, 9.17) is 19.5 Å². The zero-order chi connectivity index (χ0) is 30.7. The fourth-order valence-electron chi connectivity index (χ4n) is 4.21. The van der Waals surface area contributed by atoms with Gasteiger partial charge in [0.15, 0.2) is 11.3 Å². The largest absolute Gasteiger partial charge is 0.405 e. The molecule has 3 aromatic rings. The summed E-state index contributed by atoms with van der Waals surface area (Å²) in [6.45, 7) is 6.72. The van der Waals surface area contributed by atoms with Crippen molar-refractivity contribution < 1.29 is 33.4 Å². The van der Waals surface area contributed by atoms with Crippen molar-refractivity contribution in [2.24, 2.45) is 5.41 Å². The summed E-state index contributed by atoms with van der Waals surface area (Å²) >= 11 is 1.10. The van der Waals surface area contributed by atoms with Crippen molar-refractivity contribution in [1.29, 1.82) is 0 Å². The minimum Gasteiger partial charge on any atom is -0.387 e. The topological polar surface area (TPSA) is 193 Å². The molecule has 0 radical (unpaired) electrons. The van der Waals surface area contributed by atoms with Gasteiger partial charge in [-0.05, 0) is 18.9 Å². The number of nitrogens with two attached hydrogens (primary N) is 1. The van der Waals surface area contributed by atoms with E-state index in [0.717, 1.165) is 21.7 Å². The highest BCUT2D eigenvalue weighted by atomic mass is 32.2. The van der Waals surface area contributed by atoms with Gasteiger partial charge in [-0.1, -0.05) is 62.9 Å². The molecule has 1 aliphatic heterocycles. The summed E-state index contributed by atoms with van der Waals surface area (Å²) in [4.78, 5) is 32.3. The Morgan fingerprint density at radius 3 is 2.67 bits per heavy atom. The van der Waals surface area contributed by atoms with E-state index in [1.807, 2.05) is 51.1 Å². The predicted molar refractivity (Wildman–Crippen MR) is 157 cm³/mol. The molecule has 1 saturated heterocycles. The van der Waals surface area contributed by atoms with Crippen molar-refractivity contribution in [2.45, 2.75) is 64.7 Å². The number of anilines is 1. The molecule has 4 rings (SSSR count).